The Kier molecular flexibility index (Phi) is 7.72. The monoisotopic (exact) mass is 441 g/mol. The molecule has 1 fully saturated rings. The van der Waals surface area contributed by atoms with Gasteiger partial charge in [-0.25, -0.2) is 0 Å². The molecular weight excluding hydrogens is 406 g/mol. The van der Waals surface area contributed by atoms with Crippen molar-refractivity contribution in [2.45, 2.75) is 46.1 Å². The van der Waals surface area contributed by atoms with Crippen molar-refractivity contribution in [3.63, 3.8) is 0 Å². The summed E-state index contributed by atoms with van der Waals surface area (Å²) in [6.07, 6.45) is 6.07. The zero-order valence-electron chi connectivity index (χ0n) is 19.4. The summed E-state index contributed by atoms with van der Waals surface area (Å²) in [6.45, 7) is 6.16. The fourth-order valence-corrected chi connectivity index (χ4v) is 5.19. The SMILES string of the molecule is CCC[C@@H]1C=C[C@H]2[C@@H](C(=O)N(CCCO)[C@@H]2C(=O)Nc2cc(C)ccc2C)[C@@H]1C(=O)NC. The van der Waals surface area contributed by atoms with Crippen molar-refractivity contribution in [2.75, 3.05) is 25.5 Å². The number of allylic oxidation sites excluding steroid dienone is 1. The minimum atomic E-state index is -0.718. The third kappa shape index (κ3) is 4.58. The lowest BCUT2D eigenvalue weighted by molar-refractivity contribution is -0.140. The molecular formula is C25H35N3O4. The number of likely N-dealkylation sites (tertiary alicyclic amines) is 1. The molecule has 1 heterocycles. The predicted octanol–water partition coefficient (Wildman–Crippen LogP) is 2.42. The van der Waals surface area contributed by atoms with Crippen LogP contribution in [0.15, 0.2) is 30.4 Å². The topological polar surface area (TPSA) is 98.7 Å². The Morgan fingerprint density at radius 1 is 1.16 bits per heavy atom. The van der Waals surface area contributed by atoms with Crippen LogP contribution in [-0.4, -0.2) is 54.0 Å². The smallest absolute Gasteiger partial charge is 0.247 e. The standard InChI is InChI=1S/C25H35N3O4/c1-5-7-17-10-11-18-21(20(17)23(30)26-4)25(32)28(12-6-13-29)22(18)24(31)27-19-14-15(2)8-9-16(19)3/h8-11,14,17-18,20-22,29H,5-7,12-13H2,1-4H3,(H,26,30)(H,27,31)/t17-,18+,20-,21-,22+/m1/s1. The van der Waals surface area contributed by atoms with Gasteiger partial charge in [0.2, 0.25) is 17.7 Å². The van der Waals surface area contributed by atoms with E-state index < -0.39 is 17.9 Å². The predicted molar refractivity (Wildman–Crippen MR) is 124 cm³/mol. The Bertz CT molecular complexity index is 897. The van der Waals surface area contributed by atoms with Gasteiger partial charge in [-0.3, -0.25) is 14.4 Å². The van der Waals surface area contributed by atoms with E-state index in [0.717, 1.165) is 29.7 Å². The molecule has 7 nitrogen and oxygen atoms in total. The van der Waals surface area contributed by atoms with Crippen molar-refractivity contribution in [1.29, 1.82) is 0 Å². The highest BCUT2D eigenvalue weighted by Gasteiger charge is 2.56. The molecule has 0 saturated carbocycles. The van der Waals surface area contributed by atoms with Crippen LogP contribution >= 0.6 is 0 Å². The minimum Gasteiger partial charge on any atom is -0.396 e. The normalized spacial score (nSPS) is 26.7. The molecule has 174 valence electrons. The molecule has 3 N–H and O–H groups in total. The first-order chi connectivity index (χ1) is 15.3. The maximum absolute atomic E-state index is 13.6. The molecule has 0 bridgehead atoms. The van der Waals surface area contributed by atoms with Crippen molar-refractivity contribution in [3.8, 4) is 0 Å². The minimum absolute atomic E-state index is 0.0364. The lowest BCUT2D eigenvalue weighted by atomic mass is 9.68. The average molecular weight is 442 g/mol. The summed E-state index contributed by atoms with van der Waals surface area (Å²) >= 11 is 0. The number of aliphatic hydroxyl groups is 1. The summed E-state index contributed by atoms with van der Waals surface area (Å²) < 4.78 is 0. The lowest BCUT2D eigenvalue weighted by Gasteiger charge is -2.34. The van der Waals surface area contributed by atoms with E-state index >= 15 is 0 Å². The summed E-state index contributed by atoms with van der Waals surface area (Å²) in [5.41, 5.74) is 2.69. The number of nitrogens with one attached hydrogen (secondary N) is 2. The van der Waals surface area contributed by atoms with Crippen LogP contribution in [0.4, 0.5) is 5.69 Å². The van der Waals surface area contributed by atoms with Gasteiger partial charge in [0.1, 0.15) is 6.04 Å². The van der Waals surface area contributed by atoms with E-state index in [4.69, 9.17) is 0 Å². The van der Waals surface area contributed by atoms with Crippen LogP contribution in [0.1, 0.15) is 37.3 Å². The zero-order chi connectivity index (χ0) is 23.4. The number of fused-ring (bicyclic) bond motifs is 1. The third-order valence-electron chi connectivity index (χ3n) is 6.76. The van der Waals surface area contributed by atoms with Gasteiger partial charge in [0.05, 0.1) is 11.8 Å². The number of aryl methyl sites for hydroxylation is 2. The number of carbonyl (C=O) groups excluding carboxylic acids is 3. The Labute approximate surface area is 190 Å². The summed E-state index contributed by atoms with van der Waals surface area (Å²) in [4.78, 5) is 41.5. The molecule has 1 aromatic rings. The highest BCUT2D eigenvalue weighted by Crippen LogP contribution is 2.45. The van der Waals surface area contributed by atoms with Crippen molar-refractivity contribution < 1.29 is 19.5 Å². The van der Waals surface area contributed by atoms with Crippen LogP contribution in [0, 0.1) is 37.5 Å². The average Bonchev–Trinajstić information content (AvgIpc) is 3.06. The van der Waals surface area contributed by atoms with Gasteiger partial charge in [-0.1, -0.05) is 37.6 Å². The number of hydrogen-bond acceptors (Lipinski definition) is 4. The number of anilines is 1. The van der Waals surface area contributed by atoms with E-state index in [1.165, 1.54) is 0 Å². The molecule has 32 heavy (non-hydrogen) atoms. The number of rotatable bonds is 8. The Morgan fingerprint density at radius 3 is 2.56 bits per heavy atom. The quantitative estimate of drug-likeness (QED) is 0.540. The number of hydrogen-bond donors (Lipinski definition) is 3. The van der Waals surface area contributed by atoms with E-state index in [2.05, 4.69) is 17.6 Å². The first-order valence-corrected chi connectivity index (χ1v) is 11.5. The summed E-state index contributed by atoms with van der Waals surface area (Å²) in [5.74, 6) is -2.10. The van der Waals surface area contributed by atoms with E-state index in [1.807, 2.05) is 44.2 Å². The summed E-state index contributed by atoms with van der Waals surface area (Å²) in [6, 6.07) is 5.14. The van der Waals surface area contributed by atoms with Gasteiger partial charge >= 0.3 is 0 Å². The van der Waals surface area contributed by atoms with Crippen molar-refractivity contribution in [3.05, 3.63) is 41.5 Å². The van der Waals surface area contributed by atoms with Gasteiger partial charge in [-0.15, -0.1) is 0 Å². The van der Waals surface area contributed by atoms with Crippen molar-refractivity contribution in [1.82, 2.24) is 10.2 Å². The van der Waals surface area contributed by atoms with Crippen LogP contribution in [-0.2, 0) is 14.4 Å². The van der Waals surface area contributed by atoms with Crippen LogP contribution < -0.4 is 10.6 Å². The molecule has 0 spiro atoms. The molecule has 0 unspecified atom stereocenters. The molecule has 0 aromatic heterocycles. The molecule has 2 aliphatic rings. The molecule has 0 radical (unpaired) electrons. The highest BCUT2D eigenvalue weighted by atomic mass is 16.3. The molecule has 1 aliphatic heterocycles. The highest BCUT2D eigenvalue weighted by molar-refractivity contribution is 6.02. The van der Waals surface area contributed by atoms with Gasteiger partial charge in [0.15, 0.2) is 0 Å². The second-order valence-electron chi connectivity index (χ2n) is 8.94. The molecule has 1 saturated heterocycles. The molecule has 7 heteroatoms. The summed E-state index contributed by atoms with van der Waals surface area (Å²) in [5, 5.41) is 15.1. The van der Waals surface area contributed by atoms with Crippen LogP contribution in [0.3, 0.4) is 0 Å². The Balaban J connectivity index is 1.98. The second-order valence-corrected chi connectivity index (χ2v) is 8.94. The van der Waals surface area contributed by atoms with E-state index in [0.29, 0.717) is 6.42 Å². The first kappa shape index (κ1) is 24.0. The zero-order valence-corrected chi connectivity index (χ0v) is 19.4. The molecule has 1 aromatic carbocycles. The van der Waals surface area contributed by atoms with Gasteiger partial charge < -0.3 is 20.6 Å². The first-order valence-electron chi connectivity index (χ1n) is 11.5. The molecule has 1 aliphatic carbocycles. The van der Waals surface area contributed by atoms with Crippen molar-refractivity contribution in [2.24, 2.45) is 23.7 Å². The van der Waals surface area contributed by atoms with E-state index in [9.17, 15) is 19.5 Å². The number of benzene rings is 1. The second kappa shape index (κ2) is 10.3. The van der Waals surface area contributed by atoms with Crippen LogP contribution in [0.2, 0.25) is 0 Å². The number of nitrogens with zero attached hydrogens (tertiary/aromatic N) is 1. The fraction of sp³-hybridized carbons (Fsp3) is 0.560. The van der Waals surface area contributed by atoms with Crippen molar-refractivity contribution >= 4 is 23.4 Å². The largest absolute Gasteiger partial charge is 0.396 e. The number of carbonyl (C=O) groups is 3. The lowest BCUT2D eigenvalue weighted by Crippen LogP contribution is -2.45. The van der Waals surface area contributed by atoms with Crippen LogP contribution in [0.25, 0.3) is 0 Å². The van der Waals surface area contributed by atoms with Gasteiger partial charge in [-0.05, 0) is 49.8 Å². The Morgan fingerprint density at radius 2 is 1.91 bits per heavy atom. The molecule has 5 atom stereocenters. The van der Waals surface area contributed by atoms with E-state index in [-0.39, 0.29) is 42.7 Å². The maximum Gasteiger partial charge on any atom is 0.247 e. The number of amides is 3. The van der Waals surface area contributed by atoms with Gasteiger partial charge in [-0.2, -0.15) is 0 Å². The van der Waals surface area contributed by atoms with Gasteiger partial charge in [0.25, 0.3) is 0 Å². The maximum atomic E-state index is 13.6. The third-order valence-corrected chi connectivity index (χ3v) is 6.76. The summed E-state index contributed by atoms with van der Waals surface area (Å²) in [7, 11) is 1.59. The van der Waals surface area contributed by atoms with E-state index in [1.54, 1.807) is 11.9 Å². The van der Waals surface area contributed by atoms with Crippen LogP contribution in [0.5, 0.6) is 0 Å². The molecule has 3 rings (SSSR count). The number of aliphatic hydroxyl groups excluding tert-OH is 1. The Hall–Kier alpha value is -2.67. The molecule has 3 amide bonds. The fourth-order valence-electron chi connectivity index (χ4n) is 5.19. The van der Waals surface area contributed by atoms with Gasteiger partial charge in [0, 0.05) is 31.8 Å².